The van der Waals surface area contributed by atoms with Crippen molar-refractivity contribution in [1.29, 1.82) is 0 Å². The fourth-order valence-electron chi connectivity index (χ4n) is 6.62. The third-order valence-corrected chi connectivity index (χ3v) is 9.32. The second-order valence-corrected chi connectivity index (χ2v) is 11.9. The minimum Gasteiger partial charge on any atom is -0.484 e. The van der Waals surface area contributed by atoms with Gasteiger partial charge in [0, 0.05) is 43.7 Å². The van der Waals surface area contributed by atoms with Crippen molar-refractivity contribution in [3.8, 4) is 5.75 Å². The Labute approximate surface area is 245 Å². The molecule has 5 rings (SSSR count). The number of aryl methyl sites for hydroxylation is 1. The zero-order chi connectivity index (χ0) is 30.3. The SMILES string of the molecule is Cn1nnc(COc2c(F)cc(Cl)c3c2[C@@H](CN2CCCC2=O)N(C(=O)[C@@H]2CCCC[C@]2(C)C(=O)O)CC3)c1C(F)F. The van der Waals surface area contributed by atoms with Crippen LogP contribution in [-0.4, -0.2) is 67.3 Å². The van der Waals surface area contributed by atoms with E-state index < -0.39 is 47.9 Å². The first-order valence-electron chi connectivity index (χ1n) is 14.1. The van der Waals surface area contributed by atoms with Gasteiger partial charge in [0.05, 0.1) is 17.4 Å². The van der Waals surface area contributed by atoms with E-state index in [1.54, 1.807) is 11.8 Å². The molecule has 228 valence electrons. The number of alkyl halides is 2. The lowest BCUT2D eigenvalue weighted by atomic mass is 9.66. The number of benzene rings is 1. The van der Waals surface area contributed by atoms with Gasteiger partial charge in [-0.25, -0.2) is 17.9 Å². The molecular weight excluding hydrogens is 579 g/mol. The van der Waals surface area contributed by atoms with Gasteiger partial charge in [-0.05, 0) is 44.2 Å². The largest absolute Gasteiger partial charge is 0.484 e. The van der Waals surface area contributed by atoms with Gasteiger partial charge in [0.2, 0.25) is 11.8 Å². The first kappa shape index (κ1) is 30.1. The number of aromatic nitrogens is 3. The van der Waals surface area contributed by atoms with Crippen LogP contribution in [-0.2, 0) is 34.5 Å². The molecule has 0 spiro atoms. The fraction of sp³-hybridized carbons (Fsp3) is 0.607. The van der Waals surface area contributed by atoms with Crippen LogP contribution < -0.4 is 4.74 Å². The molecule has 1 N–H and O–H groups in total. The summed E-state index contributed by atoms with van der Waals surface area (Å²) in [6, 6.07) is 0.182. The van der Waals surface area contributed by atoms with Gasteiger partial charge in [-0.15, -0.1) is 5.10 Å². The van der Waals surface area contributed by atoms with Gasteiger partial charge in [0.15, 0.2) is 11.6 Å². The third kappa shape index (κ3) is 5.31. The molecule has 2 fully saturated rings. The number of carboxylic acid groups (broad SMARTS) is 1. The number of rotatable bonds is 8. The zero-order valence-electron chi connectivity index (χ0n) is 23.4. The molecule has 2 aromatic rings. The number of amides is 2. The maximum atomic E-state index is 15.6. The Morgan fingerprint density at radius 1 is 1.24 bits per heavy atom. The van der Waals surface area contributed by atoms with Gasteiger partial charge in [-0.3, -0.25) is 14.4 Å². The number of hydrogen-bond donors (Lipinski definition) is 1. The Bertz CT molecular complexity index is 1400. The number of carboxylic acids is 1. The summed E-state index contributed by atoms with van der Waals surface area (Å²) in [5.41, 5.74) is -1.16. The molecule has 10 nitrogen and oxygen atoms in total. The van der Waals surface area contributed by atoms with E-state index in [0.29, 0.717) is 50.6 Å². The summed E-state index contributed by atoms with van der Waals surface area (Å²) in [5, 5.41) is 17.6. The summed E-state index contributed by atoms with van der Waals surface area (Å²) in [4.78, 5) is 42.4. The molecule has 0 radical (unpaired) electrons. The Balaban J connectivity index is 1.57. The first-order valence-corrected chi connectivity index (χ1v) is 14.4. The van der Waals surface area contributed by atoms with Crippen molar-refractivity contribution in [2.75, 3.05) is 19.6 Å². The maximum absolute atomic E-state index is 15.6. The molecule has 0 unspecified atom stereocenters. The van der Waals surface area contributed by atoms with Crippen molar-refractivity contribution in [2.45, 2.75) is 70.9 Å². The van der Waals surface area contributed by atoms with Crippen LogP contribution in [0.15, 0.2) is 6.07 Å². The fourth-order valence-corrected chi connectivity index (χ4v) is 6.91. The summed E-state index contributed by atoms with van der Waals surface area (Å²) < 4.78 is 49.7. The number of hydrogen-bond acceptors (Lipinski definition) is 6. The molecule has 3 atom stereocenters. The number of carbonyl (C=O) groups is 3. The summed E-state index contributed by atoms with van der Waals surface area (Å²) >= 11 is 6.50. The van der Waals surface area contributed by atoms with Crippen LogP contribution in [0.1, 0.15) is 80.4 Å². The maximum Gasteiger partial charge on any atom is 0.310 e. The molecule has 14 heteroatoms. The van der Waals surface area contributed by atoms with Crippen LogP contribution in [0, 0.1) is 17.2 Å². The summed E-state index contributed by atoms with van der Waals surface area (Å²) in [6.45, 7) is 1.70. The molecule has 3 aliphatic rings. The molecule has 1 aromatic carbocycles. The average Bonchev–Trinajstić information content (AvgIpc) is 3.52. The summed E-state index contributed by atoms with van der Waals surface area (Å²) in [5.74, 6) is -3.51. The summed E-state index contributed by atoms with van der Waals surface area (Å²) in [7, 11) is 1.31. The number of ether oxygens (including phenoxy) is 1. The quantitative estimate of drug-likeness (QED) is 0.468. The molecule has 42 heavy (non-hydrogen) atoms. The van der Waals surface area contributed by atoms with Crippen LogP contribution in [0.25, 0.3) is 0 Å². The highest BCUT2D eigenvalue weighted by molar-refractivity contribution is 6.31. The predicted octanol–water partition coefficient (Wildman–Crippen LogP) is 4.45. The van der Waals surface area contributed by atoms with Crippen LogP contribution >= 0.6 is 11.6 Å². The number of likely N-dealkylation sites (tertiary alicyclic amines) is 1. The first-order chi connectivity index (χ1) is 19.9. The lowest BCUT2D eigenvalue weighted by Crippen LogP contribution is -2.52. The van der Waals surface area contributed by atoms with Crippen molar-refractivity contribution in [1.82, 2.24) is 24.8 Å². The molecule has 1 aliphatic carbocycles. The van der Waals surface area contributed by atoms with Gasteiger partial charge in [-0.2, -0.15) is 0 Å². The highest BCUT2D eigenvalue weighted by atomic mass is 35.5. The van der Waals surface area contributed by atoms with Crippen molar-refractivity contribution in [3.05, 3.63) is 39.4 Å². The number of nitrogens with zero attached hydrogens (tertiary/aromatic N) is 5. The Morgan fingerprint density at radius 3 is 2.67 bits per heavy atom. The molecule has 2 amide bonds. The minimum absolute atomic E-state index is 0.0254. The van der Waals surface area contributed by atoms with Gasteiger partial charge < -0.3 is 19.6 Å². The molecule has 0 bridgehead atoms. The van der Waals surface area contributed by atoms with E-state index >= 15 is 4.39 Å². The molecule has 2 aliphatic heterocycles. The molecule has 1 aromatic heterocycles. The monoisotopic (exact) mass is 611 g/mol. The van der Waals surface area contributed by atoms with E-state index in [9.17, 15) is 28.3 Å². The molecule has 1 saturated heterocycles. The van der Waals surface area contributed by atoms with E-state index in [-0.39, 0.29) is 53.4 Å². The molecule has 3 heterocycles. The Morgan fingerprint density at radius 2 is 2.00 bits per heavy atom. The highest BCUT2D eigenvalue weighted by Crippen LogP contribution is 2.47. The van der Waals surface area contributed by atoms with Crippen LogP contribution in [0.4, 0.5) is 13.2 Å². The zero-order valence-corrected chi connectivity index (χ0v) is 24.2. The minimum atomic E-state index is -2.89. The van der Waals surface area contributed by atoms with Crippen LogP contribution in [0.5, 0.6) is 5.75 Å². The standard InChI is InChI=1S/C28H33ClF3N5O5/c1-28(27(40)41)9-4-3-6-16(28)26(39)37-11-8-15-17(29)12-18(30)24(22(15)20(37)13-36-10-5-7-21(36)38)42-14-19-23(25(31)32)35(2)34-33-19/h12,16,20,25H,3-11,13-14H2,1-2H3,(H,40,41)/t16-,20+,28-/m0/s1. The average molecular weight is 612 g/mol. The topological polar surface area (TPSA) is 118 Å². The summed E-state index contributed by atoms with van der Waals surface area (Å²) in [6.07, 6.45) is 0.404. The molecular formula is C28H33ClF3N5O5. The second-order valence-electron chi connectivity index (χ2n) is 11.5. The smallest absolute Gasteiger partial charge is 0.310 e. The van der Waals surface area contributed by atoms with Gasteiger partial charge in [0.1, 0.15) is 18.0 Å². The van der Waals surface area contributed by atoms with Crippen LogP contribution in [0.3, 0.4) is 0 Å². The number of fused-ring (bicyclic) bond motifs is 1. The second kappa shape index (κ2) is 11.7. The van der Waals surface area contributed by atoms with E-state index in [1.165, 1.54) is 11.9 Å². The Kier molecular flexibility index (Phi) is 8.41. The Hall–Kier alpha value is -3.35. The van der Waals surface area contributed by atoms with Crippen molar-refractivity contribution in [3.63, 3.8) is 0 Å². The van der Waals surface area contributed by atoms with E-state index in [0.717, 1.165) is 10.7 Å². The van der Waals surface area contributed by atoms with Gasteiger partial charge in [-0.1, -0.05) is 29.7 Å². The number of halogens is 4. The normalized spacial score (nSPS) is 24.3. The van der Waals surface area contributed by atoms with E-state index in [1.807, 2.05) is 0 Å². The van der Waals surface area contributed by atoms with Crippen molar-refractivity contribution in [2.24, 2.45) is 18.4 Å². The van der Waals surface area contributed by atoms with E-state index in [2.05, 4.69) is 10.3 Å². The number of aliphatic carboxylic acids is 1. The lowest BCUT2D eigenvalue weighted by molar-refractivity contribution is -0.162. The predicted molar refractivity (Wildman–Crippen MR) is 143 cm³/mol. The highest BCUT2D eigenvalue weighted by Gasteiger charge is 2.50. The lowest BCUT2D eigenvalue weighted by Gasteiger charge is -2.45. The molecule has 1 saturated carbocycles. The van der Waals surface area contributed by atoms with Gasteiger partial charge in [0.25, 0.3) is 6.43 Å². The third-order valence-electron chi connectivity index (χ3n) is 8.99. The number of carbonyl (C=O) groups excluding carboxylic acids is 2. The van der Waals surface area contributed by atoms with Crippen molar-refractivity contribution < 1.29 is 37.4 Å². The van der Waals surface area contributed by atoms with Crippen LogP contribution in [0.2, 0.25) is 5.02 Å². The van der Waals surface area contributed by atoms with Crippen molar-refractivity contribution >= 4 is 29.4 Å². The van der Waals surface area contributed by atoms with Gasteiger partial charge >= 0.3 is 5.97 Å². The van der Waals surface area contributed by atoms with E-state index in [4.69, 9.17) is 16.3 Å².